The Morgan fingerprint density at radius 1 is 1.07 bits per heavy atom. The number of benzene rings is 3. The minimum Gasteiger partial charge on any atom is -0.454 e. The van der Waals surface area contributed by atoms with Gasteiger partial charge in [-0.1, -0.05) is 60.1 Å². The van der Waals surface area contributed by atoms with Gasteiger partial charge in [0, 0.05) is 33.8 Å². The Morgan fingerprint density at radius 2 is 1.80 bits per heavy atom. The van der Waals surface area contributed by atoms with E-state index in [1.165, 1.54) is 0 Å². The first kappa shape index (κ1) is 26.0. The Kier molecular flexibility index (Phi) is 7.00. The molecule has 1 N–H and O–H groups in total. The fourth-order valence-electron chi connectivity index (χ4n) is 4.82. The Balaban J connectivity index is 1.22. The number of fused-ring (bicyclic) bond motifs is 2. The van der Waals surface area contributed by atoms with Crippen molar-refractivity contribution in [3.05, 3.63) is 99.5 Å². The number of thioether (sulfide) groups is 1. The minimum atomic E-state index is -0.407. The summed E-state index contributed by atoms with van der Waals surface area (Å²) in [7, 11) is 0. The molecule has 1 fully saturated rings. The molecule has 10 heteroatoms. The lowest BCUT2D eigenvalue weighted by atomic mass is 10.1. The van der Waals surface area contributed by atoms with Crippen molar-refractivity contribution >= 4 is 57.4 Å². The van der Waals surface area contributed by atoms with Crippen molar-refractivity contribution in [2.24, 2.45) is 0 Å². The topological polar surface area (TPSA) is 89.9 Å². The van der Waals surface area contributed by atoms with Crippen LogP contribution in [-0.4, -0.2) is 33.3 Å². The zero-order chi connectivity index (χ0) is 27.8. The van der Waals surface area contributed by atoms with Crippen LogP contribution in [-0.2, 0) is 22.7 Å². The van der Waals surface area contributed by atoms with Crippen LogP contribution in [0, 0.1) is 0 Å². The number of nitrogens with one attached hydrogen (secondary N) is 1. The quantitative estimate of drug-likeness (QED) is 0.267. The lowest BCUT2D eigenvalue weighted by molar-refractivity contribution is -0.123. The number of ether oxygens (including phenoxy) is 2. The summed E-state index contributed by atoms with van der Waals surface area (Å²) in [5, 5.41) is 3.91. The van der Waals surface area contributed by atoms with Gasteiger partial charge >= 0.3 is 0 Å². The van der Waals surface area contributed by atoms with Crippen molar-refractivity contribution in [2.75, 3.05) is 6.79 Å². The monoisotopic (exact) mass is 573 g/mol. The molecule has 3 aromatic carbocycles. The van der Waals surface area contributed by atoms with E-state index >= 15 is 0 Å². The number of hydrogen-bond acceptors (Lipinski definition) is 6. The molecule has 4 aromatic rings. The fourth-order valence-corrected chi connectivity index (χ4v) is 5.86. The Morgan fingerprint density at radius 3 is 2.60 bits per heavy atom. The van der Waals surface area contributed by atoms with Gasteiger partial charge < -0.3 is 19.4 Å². The summed E-state index contributed by atoms with van der Waals surface area (Å²) in [5.41, 5.74) is 3.20. The van der Waals surface area contributed by atoms with E-state index in [2.05, 4.69) is 5.32 Å². The molecule has 0 spiro atoms. The molecule has 1 aromatic heterocycles. The molecule has 1 unspecified atom stereocenters. The molecule has 6 rings (SSSR count). The average molecular weight is 574 g/mol. The highest BCUT2D eigenvalue weighted by molar-refractivity contribution is 8.18. The number of halogens is 1. The molecule has 3 amide bonds. The molecular formula is C30H24ClN3O5S. The largest absolute Gasteiger partial charge is 0.454 e. The van der Waals surface area contributed by atoms with Gasteiger partial charge in [-0.15, -0.1) is 0 Å². The van der Waals surface area contributed by atoms with Gasteiger partial charge in [0.15, 0.2) is 11.5 Å². The highest BCUT2D eigenvalue weighted by Gasteiger charge is 2.36. The molecule has 8 nitrogen and oxygen atoms in total. The molecule has 0 aliphatic carbocycles. The standard InChI is InChI=1S/C30H24ClN3O5S/c1-18(19-7-3-2-4-8-19)32-28(35)16-33-14-20(22-9-5-6-10-24(22)33)12-27-29(36)34(30(37)40-27)15-21-11-25-26(13-23(21)31)39-17-38-25/h2-14,18H,15-17H2,1H3,(H,32,35)/b27-12-. The third-order valence-electron chi connectivity index (χ3n) is 6.84. The number of aromatic nitrogens is 1. The Bertz CT molecular complexity index is 1680. The van der Waals surface area contributed by atoms with E-state index in [0.717, 1.165) is 38.7 Å². The normalized spacial score (nSPS) is 16.2. The van der Waals surface area contributed by atoms with E-state index in [1.807, 2.05) is 72.3 Å². The SMILES string of the molecule is CC(NC(=O)Cn1cc(/C=C2\SC(=O)N(Cc3cc4c(cc3Cl)OCO4)C2=O)c2ccccc21)c1ccccc1. The fraction of sp³-hybridized carbons (Fsp3) is 0.167. The van der Waals surface area contributed by atoms with Crippen molar-refractivity contribution < 1.29 is 23.9 Å². The molecule has 2 aliphatic heterocycles. The van der Waals surface area contributed by atoms with Crippen molar-refractivity contribution in [2.45, 2.75) is 26.1 Å². The smallest absolute Gasteiger partial charge is 0.293 e. The van der Waals surface area contributed by atoms with E-state index in [4.69, 9.17) is 21.1 Å². The summed E-state index contributed by atoms with van der Waals surface area (Å²) in [4.78, 5) is 40.5. The van der Waals surface area contributed by atoms with Crippen LogP contribution in [0.4, 0.5) is 4.79 Å². The summed E-state index contributed by atoms with van der Waals surface area (Å²) >= 11 is 7.26. The third-order valence-corrected chi connectivity index (χ3v) is 8.10. The van der Waals surface area contributed by atoms with Crippen LogP contribution in [0.15, 0.2) is 77.8 Å². The lowest BCUT2D eigenvalue weighted by Gasteiger charge is -2.15. The molecule has 3 heterocycles. The van der Waals surface area contributed by atoms with Crippen LogP contribution in [0.1, 0.15) is 29.7 Å². The van der Waals surface area contributed by atoms with Crippen LogP contribution >= 0.6 is 23.4 Å². The zero-order valence-corrected chi connectivity index (χ0v) is 23.0. The molecule has 0 saturated carbocycles. The molecular weight excluding hydrogens is 550 g/mol. The number of carbonyl (C=O) groups excluding carboxylic acids is 3. The summed E-state index contributed by atoms with van der Waals surface area (Å²) in [6.07, 6.45) is 3.54. The van der Waals surface area contributed by atoms with E-state index < -0.39 is 5.91 Å². The van der Waals surface area contributed by atoms with Gasteiger partial charge in [0.05, 0.1) is 17.5 Å². The summed E-state index contributed by atoms with van der Waals surface area (Å²) in [5.74, 6) is 0.513. The van der Waals surface area contributed by atoms with E-state index in [-0.39, 0.29) is 37.1 Å². The van der Waals surface area contributed by atoms with Crippen LogP contribution in [0.2, 0.25) is 5.02 Å². The third kappa shape index (κ3) is 5.05. The number of imide groups is 1. The number of hydrogen-bond donors (Lipinski definition) is 1. The van der Waals surface area contributed by atoms with Gasteiger partial charge in [-0.2, -0.15) is 0 Å². The van der Waals surface area contributed by atoms with Crippen molar-refractivity contribution in [3.8, 4) is 11.5 Å². The van der Waals surface area contributed by atoms with Crippen LogP contribution in [0.3, 0.4) is 0 Å². The summed E-state index contributed by atoms with van der Waals surface area (Å²) < 4.78 is 12.6. The minimum absolute atomic E-state index is 0.0129. The average Bonchev–Trinajstić information content (AvgIpc) is 3.62. The number of carbonyl (C=O) groups is 3. The maximum atomic E-state index is 13.3. The zero-order valence-electron chi connectivity index (χ0n) is 21.4. The first-order valence-corrected chi connectivity index (χ1v) is 13.8. The summed E-state index contributed by atoms with van der Waals surface area (Å²) in [6, 6.07) is 20.6. The highest BCUT2D eigenvalue weighted by Crippen LogP contribution is 2.40. The van der Waals surface area contributed by atoms with Crippen LogP contribution in [0.5, 0.6) is 11.5 Å². The van der Waals surface area contributed by atoms with Gasteiger partial charge in [-0.3, -0.25) is 19.3 Å². The van der Waals surface area contributed by atoms with E-state index in [1.54, 1.807) is 18.2 Å². The van der Waals surface area contributed by atoms with Gasteiger partial charge in [0.2, 0.25) is 12.7 Å². The predicted molar refractivity (Wildman–Crippen MR) is 154 cm³/mol. The van der Waals surface area contributed by atoms with Crippen LogP contribution < -0.4 is 14.8 Å². The van der Waals surface area contributed by atoms with Gasteiger partial charge in [-0.25, -0.2) is 0 Å². The molecule has 0 radical (unpaired) electrons. The number of nitrogens with zero attached hydrogens (tertiary/aromatic N) is 2. The molecule has 1 atom stereocenters. The number of para-hydroxylation sites is 1. The molecule has 40 heavy (non-hydrogen) atoms. The number of amides is 3. The highest BCUT2D eigenvalue weighted by atomic mass is 35.5. The van der Waals surface area contributed by atoms with Crippen LogP contribution in [0.25, 0.3) is 17.0 Å². The van der Waals surface area contributed by atoms with Gasteiger partial charge in [0.1, 0.15) is 6.54 Å². The summed E-state index contributed by atoms with van der Waals surface area (Å²) in [6.45, 7) is 2.16. The van der Waals surface area contributed by atoms with E-state index in [9.17, 15) is 14.4 Å². The second kappa shape index (κ2) is 10.7. The van der Waals surface area contributed by atoms with Crippen molar-refractivity contribution in [3.63, 3.8) is 0 Å². The Hall–Kier alpha value is -4.21. The first-order chi connectivity index (χ1) is 19.4. The maximum Gasteiger partial charge on any atom is 0.293 e. The Labute approximate surface area is 239 Å². The van der Waals surface area contributed by atoms with Crippen molar-refractivity contribution in [1.29, 1.82) is 0 Å². The van der Waals surface area contributed by atoms with Crippen molar-refractivity contribution in [1.82, 2.24) is 14.8 Å². The molecule has 0 bridgehead atoms. The maximum absolute atomic E-state index is 13.3. The second-order valence-corrected chi connectivity index (χ2v) is 10.9. The van der Waals surface area contributed by atoms with Gasteiger partial charge in [0.25, 0.3) is 11.1 Å². The van der Waals surface area contributed by atoms with E-state index in [0.29, 0.717) is 27.0 Å². The lowest BCUT2D eigenvalue weighted by Crippen LogP contribution is -2.29. The first-order valence-electron chi connectivity index (χ1n) is 12.6. The molecule has 202 valence electrons. The predicted octanol–water partition coefficient (Wildman–Crippen LogP) is 6.14. The second-order valence-electron chi connectivity index (χ2n) is 9.49. The number of rotatable bonds is 7. The molecule has 1 saturated heterocycles. The molecule has 2 aliphatic rings. The van der Waals surface area contributed by atoms with Gasteiger partial charge in [-0.05, 0) is 48.0 Å².